The topological polar surface area (TPSA) is 59.0 Å². The van der Waals surface area contributed by atoms with E-state index < -0.39 is 18.2 Å². The molecular weight excluding hydrogens is 277 g/mol. The van der Waals surface area contributed by atoms with Crippen LogP contribution in [0.2, 0.25) is 0 Å². The molecule has 1 aromatic carbocycles. The van der Waals surface area contributed by atoms with Crippen molar-refractivity contribution < 1.29 is 23.8 Å². The third-order valence-electron chi connectivity index (χ3n) is 3.29. The minimum Gasteiger partial charge on any atom is -0.460 e. The number of aliphatic hydroxyl groups is 1. The normalized spacial score (nSPS) is 24.1. The summed E-state index contributed by atoms with van der Waals surface area (Å²) in [6.45, 7) is 1.01. The molecule has 0 spiro atoms. The van der Waals surface area contributed by atoms with Crippen molar-refractivity contribution >= 4 is 5.97 Å². The van der Waals surface area contributed by atoms with E-state index in [9.17, 15) is 14.3 Å². The van der Waals surface area contributed by atoms with Crippen molar-refractivity contribution in [3.05, 3.63) is 35.9 Å². The molecule has 2 rings (SSSR count). The minimum atomic E-state index is -1.42. The average Bonchev–Trinajstić information content (AvgIpc) is 2.48. The predicted octanol–water partition coefficient (Wildman–Crippen LogP) is 0.761. The van der Waals surface area contributed by atoms with E-state index in [2.05, 4.69) is 0 Å². The Morgan fingerprint density at radius 1 is 1.43 bits per heavy atom. The van der Waals surface area contributed by atoms with Crippen molar-refractivity contribution in [3.63, 3.8) is 0 Å². The van der Waals surface area contributed by atoms with E-state index in [1.807, 2.05) is 30.3 Å². The molecule has 2 atom stereocenters. The van der Waals surface area contributed by atoms with Gasteiger partial charge >= 0.3 is 5.97 Å². The minimum absolute atomic E-state index is 0.0139. The molecule has 0 amide bonds. The van der Waals surface area contributed by atoms with Crippen LogP contribution in [0, 0.1) is 0 Å². The van der Waals surface area contributed by atoms with Crippen LogP contribution in [0.1, 0.15) is 5.56 Å². The van der Waals surface area contributed by atoms with Crippen molar-refractivity contribution in [2.45, 2.75) is 18.9 Å². The van der Waals surface area contributed by atoms with E-state index in [1.54, 1.807) is 4.90 Å². The highest BCUT2D eigenvalue weighted by Crippen LogP contribution is 2.07. The van der Waals surface area contributed by atoms with E-state index in [1.165, 1.54) is 0 Å². The van der Waals surface area contributed by atoms with Crippen molar-refractivity contribution in [2.75, 3.05) is 32.8 Å². The van der Waals surface area contributed by atoms with E-state index in [4.69, 9.17) is 9.47 Å². The monoisotopic (exact) mass is 297 g/mol. The average molecular weight is 297 g/mol. The first-order chi connectivity index (χ1) is 10.1. The zero-order valence-corrected chi connectivity index (χ0v) is 11.8. The number of hydrogen-bond acceptors (Lipinski definition) is 5. The Balaban J connectivity index is 1.78. The van der Waals surface area contributed by atoms with E-state index in [0.29, 0.717) is 13.2 Å². The molecule has 0 aliphatic carbocycles. The number of hydrogen-bond donors (Lipinski definition) is 1. The maximum Gasteiger partial charge on any atom is 0.320 e. The Bertz CT molecular complexity index is 443. The molecule has 1 N–H and O–H groups in total. The standard InChI is InChI=1S/C15H20FNO4/c16-13-11-20-7-6-17(8-14(13)18)9-15(19)21-10-12-4-2-1-3-5-12/h1-5,13-14,18H,6-11H2/t13-,14-/m0/s1. The van der Waals surface area contributed by atoms with Gasteiger partial charge in [0.1, 0.15) is 12.7 Å². The molecule has 21 heavy (non-hydrogen) atoms. The first-order valence-electron chi connectivity index (χ1n) is 6.97. The van der Waals surface area contributed by atoms with E-state index >= 15 is 0 Å². The fourth-order valence-corrected chi connectivity index (χ4v) is 2.08. The molecule has 1 aliphatic rings. The number of nitrogens with zero attached hydrogens (tertiary/aromatic N) is 1. The van der Waals surface area contributed by atoms with Gasteiger partial charge in [0.05, 0.1) is 19.8 Å². The quantitative estimate of drug-likeness (QED) is 0.832. The smallest absolute Gasteiger partial charge is 0.320 e. The highest BCUT2D eigenvalue weighted by atomic mass is 19.1. The molecule has 1 saturated heterocycles. The molecule has 1 aromatic rings. The Labute approximate surface area is 123 Å². The number of carbonyl (C=O) groups excluding carboxylic acids is 1. The lowest BCUT2D eigenvalue weighted by atomic mass is 10.2. The van der Waals surface area contributed by atoms with E-state index in [0.717, 1.165) is 5.56 Å². The van der Waals surface area contributed by atoms with Gasteiger partial charge in [0, 0.05) is 13.1 Å². The summed E-state index contributed by atoms with van der Waals surface area (Å²) in [5.74, 6) is -0.401. The maximum absolute atomic E-state index is 13.4. The molecule has 0 saturated carbocycles. The van der Waals surface area contributed by atoms with Gasteiger partial charge in [-0.15, -0.1) is 0 Å². The predicted molar refractivity (Wildman–Crippen MR) is 74.4 cm³/mol. The van der Waals surface area contributed by atoms with Crippen LogP contribution in [-0.2, 0) is 20.9 Å². The molecule has 1 heterocycles. The lowest BCUT2D eigenvalue weighted by Crippen LogP contribution is -2.45. The van der Waals surface area contributed by atoms with Crippen LogP contribution in [0.3, 0.4) is 0 Å². The first kappa shape index (κ1) is 15.9. The fourth-order valence-electron chi connectivity index (χ4n) is 2.08. The first-order valence-corrected chi connectivity index (χ1v) is 6.97. The van der Waals surface area contributed by atoms with Crippen LogP contribution < -0.4 is 0 Å². The Kier molecular flexibility index (Phi) is 6.10. The zero-order chi connectivity index (χ0) is 15.1. The number of ether oxygens (including phenoxy) is 2. The van der Waals surface area contributed by atoms with Crippen LogP contribution >= 0.6 is 0 Å². The Morgan fingerprint density at radius 3 is 2.95 bits per heavy atom. The highest BCUT2D eigenvalue weighted by molar-refractivity contribution is 5.71. The number of carbonyl (C=O) groups is 1. The van der Waals surface area contributed by atoms with Crippen molar-refractivity contribution in [2.24, 2.45) is 0 Å². The SMILES string of the molecule is O=C(CN1CCOC[C@H](F)[C@@H](O)C1)OCc1ccccc1. The van der Waals surface area contributed by atoms with Crippen molar-refractivity contribution in [1.82, 2.24) is 4.90 Å². The third kappa shape index (κ3) is 5.41. The van der Waals surface area contributed by atoms with Gasteiger partial charge in [-0.05, 0) is 5.56 Å². The fraction of sp³-hybridized carbons (Fsp3) is 0.533. The second kappa shape index (κ2) is 8.07. The molecular formula is C15H20FNO4. The number of alkyl halides is 1. The molecule has 0 bridgehead atoms. The zero-order valence-electron chi connectivity index (χ0n) is 11.8. The Hall–Kier alpha value is -1.50. The number of β-amino-alcohol motifs (C(OH)–C–C–N with tert-alkyl or cyclic N) is 1. The highest BCUT2D eigenvalue weighted by Gasteiger charge is 2.25. The molecule has 5 nitrogen and oxygen atoms in total. The van der Waals surface area contributed by atoms with Gasteiger partial charge in [0.25, 0.3) is 0 Å². The summed E-state index contributed by atoms with van der Waals surface area (Å²) in [5.41, 5.74) is 0.908. The second-order valence-corrected chi connectivity index (χ2v) is 5.04. The number of esters is 1. The van der Waals surface area contributed by atoms with Gasteiger partial charge in [-0.1, -0.05) is 30.3 Å². The largest absolute Gasteiger partial charge is 0.460 e. The third-order valence-corrected chi connectivity index (χ3v) is 3.29. The van der Waals surface area contributed by atoms with Crippen LogP contribution in [-0.4, -0.2) is 61.1 Å². The van der Waals surface area contributed by atoms with Crippen LogP contribution in [0.4, 0.5) is 4.39 Å². The molecule has 0 unspecified atom stereocenters. The molecule has 1 fully saturated rings. The summed E-state index contributed by atoms with van der Waals surface area (Å²) in [4.78, 5) is 13.4. The summed E-state index contributed by atoms with van der Waals surface area (Å²) in [6.07, 6.45) is -2.57. The van der Waals surface area contributed by atoms with Gasteiger partial charge in [-0.3, -0.25) is 9.69 Å². The van der Waals surface area contributed by atoms with Crippen LogP contribution in [0.5, 0.6) is 0 Å². The van der Waals surface area contributed by atoms with Gasteiger partial charge < -0.3 is 14.6 Å². The van der Waals surface area contributed by atoms with Crippen LogP contribution in [0.15, 0.2) is 30.3 Å². The van der Waals surface area contributed by atoms with Gasteiger partial charge in [-0.25, -0.2) is 4.39 Å². The maximum atomic E-state index is 13.4. The molecule has 116 valence electrons. The summed E-state index contributed by atoms with van der Waals surface area (Å²) in [5, 5.41) is 9.63. The lowest BCUT2D eigenvalue weighted by Gasteiger charge is -2.28. The van der Waals surface area contributed by atoms with E-state index in [-0.39, 0.29) is 26.3 Å². The van der Waals surface area contributed by atoms with Crippen molar-refractivity contribution in [3.8, 4) is 0 Å². The van der Waals surface area contributed by atoms with Gasteiger partial charge in [-0.2, -0.15) is 0 Å². The number of halogens is 1. The Morgan fingerprint density at radius 2 is 2.19 bits per heavy atom. The number of aliphatic hydroxyl groups excluding tert-OH is 1. The van der Waals surface area contributed by atoms with Crippen molar-refractivity contribution in [1.29, 1.82) is 0 Å². The number of benzene rings is 1. The van der Waals surface area contributed by atoms with Crippen LogP contribution in [0.25, 0.3) is 0 Å². The number of rotatable bonds is 4. The molecule has 6 heteroatoms. The summed E-state index contributed by atoms with van der Waals surface area (Å²) in [7, 11) is 0. The van der Waals surface area contributed by atoms with Gasteiger partial charge in [0.2, 0.25) is 0 Å². The second-order valence-electron chi connectivity index (χ2n) is 5.04. The van der Waals surface area contributed by atoms with Gasteiger partial charge in [0.15, 0.2) is 6.17 Å². The summed E-state index contributed by atoms with van der Waals surface area (Å²) < 4.78 is 23.6. The lowest BCUT2D eigenvalue weighted by molar-refractivity contribution is -0.147. The summed E-state index contributed by atoms with van der Waals surface area (Å²) >= 11 is 0. The summed E-state index contributed by atoms with van der Waals surface area (Å²) in [6, 6.07) is 9.37. The molecule has 0 aromatic heterocycles. The molecule has 1 aliphatic heterocycles. The molecule has 0 radical (unpaired) electrons.